The summed E-state index contributed by atoms with van der Waals surface area (Å²) in [5, 5.41) is 15.5. The molecule has 0 saturated carbocycles. The van der Waals surface area contributed by atoms with E-state index in [9.17, 15) is 19.7 Å². The van der Waals surface area contributed by atoms with Gasteiger partial charge >= 0.3 is 0 Å². The van der Waals surface area contributed by atoms with Gasteiger partial charge in [0.2, 0.25) is 0 Å². The molecule has 8 heteroatoms. The molecule has 2 amide bonds. The van der Waals surface area contributed by atoms with Crippen LogP contribution in [0.1, 0.15) is 16.1 Å². The topological polar surface area (TPSA) is 114 Å². The number of nitro groups is 1. The standard InChI is InChI=1S/C15H13N3O5/c1-16-14(19)12(17-15(20)13-3-2-8-23-13)9-10-4-6-11(7-5-10)18(21)22/h2-9H,1H3,(H,16,19)(H,17,20)/b12-9+. The van der Waals surface area contributed by atoms with Gasteiger partial charge in [0.25, 0.3) is 17.5 Å². The minimum Gasteiger partial charge on any atom is -0.459 e. The molecule has 0 unspecified atom stereocenters. The molecule has 1 aromatic heterocycles. The quantitative estimate of drug-likeness (QED) is 0.495. The lowest BCUT2D eigenvalue weighted by atomic mass is 10.1. The lowest BCUT2D eigenvalue weighted by molar-refractivity contribution is -0.384. The highest BCUT2D eigenvalue weighted by atomic mass is 16.6. The van der Waals surface area contributed by atoms with Crippen LogP contribution < -0.4 is 10.6 Å². The maximum atomic E-state index is 12.0. The fourth-order valence-corrected chi connectivity index (χ4v) is 1.74. The maximum Gasteiger partial charge on any atom is 0.291 e. The van der Waals surface area contributed by atoms with Crippen LogP contribution in [0.3, 0.4) is 0 Å². The third-order valence-corrected chi connectivity index (χ3v) is 2.88. The number of amides is 2. The van der Waals surface area contributed by atoms with Crippen molar-refractivity contribution in [3.63, 3.8) is 0 Å². The normalized spacial score (nSPS) is 10.9. The highest BCUT2D eigenvalue weighted by Crippen LogP contribution is 2.14. The summed E-state index contributed by atoms with van der Waals surface area (Å²) in [6, 6.07) is 8.57. The van der Waals surface area contributed by atoms with Crippen molar-refractivity contribution in [2.24, 2.45) is 0 Å². The first-order valence-electron chi connectivity index (χ1n) is 6.54. The predicted molar refractivity (Wildman–Crippen MR) is 81.3 cm³/mol. The fourth-order valence-electron chi connectivity index (χ4n) is 1.74. The summed E-state index contributed by atoms with van der Waals surface area (Å²) in [5.74, 6) is -1.03. The van der Waals surface area contributed by atoms with Gasteiger partial charge in [0.1, 0.15) is 5.70 Å². The van der Waals surface area contributed by atoms with E-state index in [4.69, 9.17) is 4.42 Å². The van der Waals surface area contributed by atoms with Crippen molar-refractivity contribution in [2.75, 3.05) is 7.05 Å². The van der Waals surface area contributed by atoms with E-state index in [0.717, 1.165) is 0 Å². The SMILES string of the molecule is CNC(=O)/C(=C\c1ccc([N+](=O)[O-])cc1)NC(=O)c1ccco1. The Hall–Kier alpha value is -3.42. The van der Waals surface area contributed by atoms with Crippen molar-refractivity contribution in [1.82, 2.24) is 10.6 Å². The van der Waals surface area contributed by atoms with Crippen LogP contribution in [0.5, 0.6) is 0 Å². The van der Waals surface area contributed by atoms with E-state index in [-0.39, 0.29) is 17.1 Å². The molecule has 0 spiro atoms. The number of carbonyl (C=O) groups is 2. The molecule has 2 rings (SSSR count). The van der Waals surface area contributed by atoms with Crippen molar-refractivity contribution in [3.8, 4) is 0 Å². The van der Waals surface area contributed by atoms with Gasteiger partial charge in [-0.25, -0.2) is 0 Å². The van der Waals surface area contributed by atoms with E-state index in [1.54, 1.807) is 6.07 Å². The zero-order valence-corrected chi connectivity index (χ0v) is 12.1. The van der Waals surface area contributed by atoms with Crippen molar-refractivity contribution in [3.05, 3.63) is 69.8 Å². The molecule has 8 nitrogen and oxygen atoms in total. The van der Waals surface area contributed by atoms with Crippen molar-refractivity contribution in [1.29, 1.82) is 0 Å². The van der Waals surface area contributed by atoms with E-state index in [1.807, 2.05) is 0 Å². The summed E-state index contributed by atoms with van der Waals surface area (Å²) in [4.78, 5) is 33.9. The number of non-ortho nitro benzene ring substituents is 1. The molecule has 0 aliphatic rings. The van der Waals surface area contributed by atoms with E-state index in [0.29, 0.717) is 5.56 Å². The molecule has 0 bridgehead atoms. The molecule has 0 saturated heterocycles. The smallest absolute Gasteiger partial charge is 0.291 e. The van der Waals surface area contributed by atoms with Crippen molar-refractivity contribution < 1.29 is 18.9 Å². The van der Waals surface area contributed by atoms with Gasteiger partial charge in [-0.15, -0.1) is 0 Å². The summed E-state index contributed by atoms with van der Waals surface area (Å²) < 4.78 is 4.96. The van der Waals surface area contributed by atoms with Crippen LogP contribution in [0.15, 0.2) is 52.8 Å². The van der Waals surface area contributed by atoms with Crippen molar-refractivity contribution >= 4 is 23.6 Å². The Kier molecular flexibility index (Phi) is 4.88. The van der Waals surface area contributed by atoms with Crippen LogP contribution in [0.2, 0.25) is 0 Å². The Morgan fingerprint density at radius 1 is 1.22 bits per heavy atom. The molecule has 1 aromatic carbocycles. The molecular weight excluding hydrogens is 302 g/mol. The predicted octanol–water partition coefficient (Wildman–Crippen LogP) is 1.70. The molecule has 118 valence electrons. The van der Waals surface area contributed by atoms with Gasteiger partial charge in [-0.05, 0) is 35.9 Å². The number of nitro benzene ring substituents is 1. The molecule has 1 heterocycles. The summed E-state index contributed by atoms with van der Waals surface area (Å²) in [6.07, 6.45) is 2.75. The maximum absolute atomic E-state index is 12.0. The molecule has 0 atom stereocenters. The third-order valence-electron chi connectivity index (χ3n) is 2.88. The number of carbonyl (C=O) groups excluding carboxylic acids is 2. The highest BCUT2D eigenvalue weighted by Gasteiger charge is 2.15. The number of likely N-dealkylation sites (N-methyl/N-ethyl adjacent to an activating group) is 1. The first-order valence-corrected chi connectivity index (χ1v) is 6.54. The largest absolute Gasteiger partial charge is 0.459 e. The summed E-state index contributed by atoms with van der Waals surface area (Å²) in [6.45, 7) is 0. The van der Waals surface area contributed by atoms with Gasteiger partial charge in [-0.3, -0.25) is 19.7 Å². The minimum atomic E-state index is -0.577. The molecule has 23 heavy (non-hydrogen) atoms. The van der Waals surface area contributed by atoms with Gasteiger partial charge in [0.05, 0.1) is 11.2 Å². The number of hydrogen-bond acceptors (Lipinski definition) is 5. The minimum absolute atomic E-state index is 0.0113. The van der Waals surface area contributed by atoms with E-state index >= 15 is 0 Å². The molecule has 0 aliphatic carbocycles. The summed E-state index contributed by atoms with van der Waals surface area (Å²) >= 11 is 0. The van der Waals surface area contributed by atoms with Crippen molar-refractivity contribution in [2.45, 2.75) is 0 Å². The lowest BCUT2D eigenvalue weighted by Crippen LogP contribution is -2.32. The molecule has 0 radical (unpaired) electrons. The second-order valence-corrected chi connectivity index (χ2v) is 4.42. The van der Waals surface area contributed by atoms with Crippen LogP contribution in [0.25, 0.3) is 6.08 Å². The summed E-state index contributed by atoms with van der Waals surface area (Å²) in [5.41, 5.74) is 0.444. The number of nitrogens with one attached hydrogen (secondary N) is 2. The molecule has 0 fully saturated rings. The zero-order valence-electron chi connectivity index (χ0n) is 12.1. The van der Waals surface area contributed by atoms with Gasteiger partial charge in [0.15, 0.2) is 5.76 Å². The Balaban J connectivity index is 2.25. The monoisotopic (exact) mass is 315 g/mol. The van der Waals surface area contributed by atoms with Gasteiger partial charge in [-0.1, -0.05) is 0 Å². The number of hydrogen-bond donors (Lipinski definition) is 2. The van der Waals surface area contributed by atoms with Crippen LogP contribution in [-0.4, -0.2) is 23.8 Å². The van der Waals surface area contributed by atoms with Crippen LogP contribution in [0.4, 0.5) is 5.69 Å². The van der Waals surface area contributed by atoms with Crippen LogP contribution >= 0.6 is 0 Å². The highest BCUT2D eigenvalue weighted by molar-refractivity contribution is 6.04. The number of nitrogens with zero attached hydrogens (tertiary/aromatic N) is 1. The Bertz CT molecular complexity index is 748. The Labute approximate surface area is 130 Å². The number of furan rings is 1. The van der Waals surface area contributed by atoms with Crippen LogP contribution in [-0.2, 0) is 4.79 Å². The van der Waals surface area contributed by atoms with E-state index in [1.165, 1.54) is 49.7 Å². The van der Waals surface area contributed by atoms with E-state index < -0.39 is 16.7 Å². The van der Waals surface area contributed by atoms with Gasteiger partial charge in [0, 0.05) is 19.2 Å². The average Bonchev–Trinajstić information content (AvgIpc) is 3.08. The first-order chi connectivity index (χ1) is 11.0. The Morgan fingerprint density at radius 2 is 1.91 bits per heavy atom. The molecular formula is C15H13N3O5. The van der Waals surface area contributed by atoms with Gasteiger partial charge in [-0.2, -0.15) is 0 Å². The fraction of sp³-hybridized carbons (Fsp3) is 0.0667. The molecule has 0 aliphatic heterocycles. The number of rotatable bonds is 5. The number of benzene rings is 1. The second kappa shape index (κ2) is 7.03. The van der Waals surface area contributed by atoms with Crippen LogP contribution in [0, 0.1) is 10.1 Å². The first kappa shape index (κ1) is 16.0. The molecule has 2 aromatic rings. The summed E-state index contributed by atoms with van der Waals surface area (Å²) in [7, 11) is 1.42. The third kappa shape index (κ3) is 4.03. The Morgan fingerprint density at radius 3 is 2.43 bits per heavy atom. The zero-order chi connectivity index (χ0) is 16.8. The lowest BCUT2D eigenvalue weighted by Gasteiger charge is -2.07. The average molecular weight is 315 g/mol. The van der Waals surface area contributed by atoms with Gasteiger partial charge < -0.3 is 15.1 Å². The second-order valence-electron chi connectivity index (χ2n) is 4.42. The molecule has 2 N–H and O–H groups in total. The van der Waals surface area contributed by atoms with E-state index in [2.05, 4.69) is 10.6 Å².